The molecule has 0 spiro atoms. The Kier molecular flexibility index (Phi) is 5.73. The second-order valence-electron chi connectivity index (χ2n) is 5.74. The molecule has 2 rings (SSSR count). The zero-order valence-corrected chi connectivity index (χ0v) is 11.8. The Bertz CT molecular complexity index is 337. The highest BCUT2D eigenvalue weighted by molar-refractivity contribution is 5.22. The molecule has 0 aromatic heterocycles. The second-order valence-corrected chi connectivity index (χ2v) is 5.74. The van der Waals surface area contributed by atoms with Crippen LogP contribution in [0.1, 0.15) is 56.1 Å². The van der Waals surface area contributed by atoms with Gasteiger partial charge in [0.05, 0.1) is 0 Å². The van der Waals surface area contributed by atoms with Gasteiger partial charge in [-0.25, -0.2) is 0 Å². The first-order chi connectivity index (χ1) is 8.84. The maximum Gasteiger partial charge on any atom is 0.00671 e. The first-order valence-electron chi connectivity index (χ1n) is 7.63. The smallest absolute Gasteiger partial charge is 0.00671 e. The minimum atomic E-state index is 0.773. The molecule has 1 aliphatic rings. The van der Waals surface area contributed by atoms with Crippen LogP contribution in [0.5, 0.6) is 0 Å². The first-order valence-corrected chi connectivity index (χ1v) is 7.63. The summed E-state index contributed by atoms with van der Waals surface area (Å²) in [5.74, 6) is 0. The van der Waals surface area contributed by atoms with Crippen LogP contribution in [0, 0.1) is 6.92 Å². The van der Waals surface area contributed by atoms with E-state index in [0.717, 1.165) is 19.0 Å². The van der Waals surface area contributed by atoms with E-state index in [9.17, 15) is 0 Å². The Morgan fingerprint density at radius 3 is 2.50 bits per heavy atom. The molecule has 0 bridgehead atoms. The van der Waals surface area contributed by atoms with E-state index < -0.39 is 0 Å². The maximum atomic E-state index is 3.76. The predicted octanol–water partition coefficient (Wildman–Crippen LogP) is 4.24. The van der Waals surface area contributed by atoms with Crippen LogP contribution < -0.4 is 5.32 Å². The standard InChI is InChI=1S/C17H27N/c1-15-8-7-9-16(14-15)12-13-18-17-10-5-3-2-4-6-11-17/h7-9,14,17-18H,2-6,10-13H2,1H3. The van der Waals surface area contributed by atoms with E-state index in [1.807, 2.05) is 0 Å². The molecular formula is C17H27N. The van der Waals surface area contributed by atoms with Crippen molar-refractivity contribution in [2.75, 3.05) is 6.54 Å². The van der Waals surface area contributed by atoms with Crippen molar-refractivity contribution in [3.05, 3.63) is 35.4 Å². The molecule has 1 aliphatic carbocycles. The number of benzene rings is 1. The number of rotatable bonds is 4. The van der Waals surface area contributed by atoms with E-state index in [-0.39, 0.29) is 0 Å². The lowest BCUT2D eigenvalue weighted by Gasteiger charge is -2.21. The number of aryl methyl sites for hydroxylation is 1. The molecule has 0 saturated heterocycles. The average molecular weight is 245 g/mol. The van der Waals surface area contributed by atoms with Gasteiger partial charge in [-0.1, -0.05) is 61.9 Å². The molecule has 0 aliphatic heterocycles. The van der Waals surface area contributed by atoms with Crippen molar-refractivity contribution in [2.24, 2.45) is 0 Å². The Hall–Kier alpha value is -0.820. The summed E-state index contributed by atoms with van der Waals surface area (Å²) in [6.07, 6.45) is 11.1. The van der Waals surface area contributed by atoms with Crippen LogP contribution in [-0.2, 0) is 6.42 Å². The molecule has 1 aromatic rings. The monoisotopic (exact) mass is 245 g/mol. The van der Waals surface area contributed by atoms with Gasteiger partial charge >= 0.3 is 0 Å². The zero-order valence-electron chi connectivity index (χ0n) is 11.8. The molecule has 1 fully saturated rings. The van der Waals surface area contributed by atoms with E-state index in [4.69, 9.17) is 0 Å². The predicted molar refractivity (Wildman–Crippen MR) is 79.0 cm³/mol. The fourth-order valence-electron chi connectivity index (χ4n) is 2.95. The van der Waals surface area contributed by atoms with Gasteiger partial charge in [-0.3, -0.25) is 0 Å². The third-order valence-corrected chi connectivity index (χ3v) is 4.03. The molecule has 0 atom stereocenters. The van der Waals surface area contributed by atoms with Gasteiger partial charge in [-0.05, 0) is 38.3 Å². The number of hydrogen-bond acceptors (Lipinski definition) is 1. The molecule has 18 heavy (non-hydrogen) atoms. The summed E-state index contributed by atoms with van der Waals surface area (Å²) in [5.41, 5.74) is 2.84. The van der Waals surface area contributed by atoms with Gasteiger partial charge in [0, 0.05) is 6.04 Å². The normalized spacial score (nSPS) is 18.3. The summed E-state index contributed by atoms with van der Waals surface area (Å²) < 4.78 is 0. The lowest BCUT2D eigenvalue weighted by Crippen LogP contribution is -2.31. The van der Waals surface area contributed by atoms with Crippen LogP contribution in [0.4, 0.5) is 0 Å². The molecule has 0 radical (unpaired) electrons. The first kappa shape index (κ1) is 13.6. The minimum Gasteiger partial charge on any atom is -0.314 e. The van der Waals surface area contributed by atoms with Crippen LogP contribution in [-0.4, -0.2) is 12.6 Å². The van der Waals surface area contributed by atoms with Gasteiger partial charge in [0.15, 0.2) is 0 Å². The molecule has 1 N–H and O–H groups in total. The Labute approximate surface area is 112 Å². The summed E-state index contributed by atoms with van der Waals surface area (Å²) in [7, 11) is 0. The van der Waals surface area contributed by atoms with Gasteiger partial charge in [-0.15, -0.1) is 0 Å². The number of hydrogen-bond donors (Lipinski definition) is 1. The van der Waals surface area contributed by atoms with Crippen molar-refractivity contribution < 1.29 is 0 Å². The van der Waals surface area contributed by atoms with Crippen molar-refractivity contribution >= 4 is 0 Å². The topological polar surface area (TPSA) is 12.0 Å². The quantitative estimate of drug-likeness (QED) is 0.836. The van der Waals surface area contributed by atoms with Gasteiger partial charge in [0.25, 0.3) is 0 Å². The summed E-state index contributed by atoms with van der Waals surface area (Å²) in [5, 5.41) is 3.76. The fourth-order valence-corrected chi connectivity index (χ4v) is 2.95. The lowest BCUT2D eigenvalue weighted by atomic mass is 9.96. The van der Waals surface area contributed by atoms with E-state index in [2.05, 4.69) is 36.5 Å². The average Bonchev–Trinajstić information content (AvgIpc) is 2.32. The molecule has 1 nitrogen and oxygen atoms in total. The molecule has 1 aromatic carbocycles. The van der Waals surface area contributed by atoms with Crippen molar-refractivity contribution in [1.82, 2.24) is 5.32 Å². The highest BCUT2D eigenvalue weighted by atomic mass is 14.9. The van der Waals surface area contributed by atoms with Crippen molar-refractivity contribution in [1.29, 1.82) is 0 Å². The summed E-state index contributed by atoms with van der Waals surface area (Å²) in [6.45, 7) is 3.31. The third-order valence-electron chi connectivity index (χ3n) is 4.03. The SMILES string of the molecule is Cc1cccc(CCNC2CCCCCCC2)c1. The Morgan fingerprint density at radius 2 is 1.78 bits per heavy atom. The Morgan fingerprint density at radius 1 is 1.06 bits per heavy atom. The van der Waals surface area contributed by atoms with Crippen LogP contribution in [0.25, 0.3) is 0 Å². The summed E-state index contributed by atoms with van der Waals surface area (Å²) >= 11 is 0. The van der Waals surface area contributed by atoms with Crippen LogP contribution in [0.2, 0.25) is 0 Å². The minimum absolute atomic E-state index is 0.773. The highest BCUT2D eigenvalue weighted by Gasteiger charge is 2.09. The fraction of sp³-hybridized carbons (Fsp3) is 0.647. The van der Waals surface area contributed by atoms with Crippen molar-refractivity contribution in [3.63, 3.8) is 0 Å². The molecule has 1 saturated carbocycles. The largest absolute Gasteiger partial charge is 0.314 e. The van der Waals surface area contributed by atoms with Gasteiger partial charge in [0.1, 0.15) is 0 Å². The van der Waals surface area contributed by atoms with Gasteiger partial charge in [-0.2, -0.15) is 0 Å². The van der Waals surface area contributed by atoms with Gasteiger partial charge in [0.2, 0.25) is 0 Å². The summed E-state index contributed by atoms with van der Waals surface area (Å²) in [6, 6.07) is 9.66. The Balaban J connectivity index is 1.70. The van der Waals surface area contributed by atoms with E-state index >= 15 is 0 Å². The summed E-state index contributed by atoms with van der Waals surface area (Å²) in [4.78, 5) is 0. The molecule has 1 heteroatoms. The van der Waals surface area contributed by atoms with E-state index in [0.29, 0.717) is 0 Å². The van der Waals surface area contributed by atoms with E-state index in [1.165, 1.54) is 56.1 Å². The molecule has 100 valence electrons. The van der Waals surface area contributed by atoms with Crippen molar-refractivity contribution in [3.8, 4) is 0 Å². The number of nitrogens with one attached hydrogen (secondary N) is 1. The van der Waals surface area contributed by atoms with Crippen molar-refractivity contribution in [2.45, 2.75) is 64.3 Å². The van der Waals surface area contributed by atoms with Crippen LogP contribution >= 0.6 is 0 Å². The molecule has 0 heterocycles. The zero-order chi connectivity index (χ0) is 12.6. The molecular weight excluding hydrogens is 218 g/mol. The second kappa shape index (κ2) is 7.58. The van der Waals surface area contributed by atoms with Crippen LogP contribution in [0.15, 0.2) is 24.3 Å². The molecule has 0 unspecified atom stereocenters. The molecule has 0 amide bonds. The van der Waals surface area contributed by atoms with E-state index in [1.54, 1.807) is 0 Å². The maximum absolute atomic E-state index is 3.76. The highest BCUT2D eigenvalue weighted by Crippen LogP contribution is 2.17. The lowest BCUT2D eigenvalue weighted by molar-refractivity contribution is 0.392. The van der Waals surface area contributed by atoms with Crippen LogP contribution in [0.3, 0.4) is 0 Å². The van der Waals surface area contributed by atoms with Gasteiger partial charge < -0.3 is 5.32 Å². The third kappa shape index (κ3) is 4.81.